The second-order valence-electron chi connectivity index (χ2n) is 5.38. The number of hydrogen-bond acceptors (Lipinski definition) is 2. The summed E-state index contributed by atoms with van der Waals surface area (Å²) in [6.07, 6.45) is 5.28. The van der Waals surface area contributed by atoms with Crippen LogP contribution in [0.5, 0.6) is 0 Å². The summed E-state index contributed by atoms with van der Waals surface area (Å²) in [5, 5.41) is 3.49. The van der Waals surface area contributed by atoms with Crippen molar-refractivity contribution in [2.75, 3.05) is 19.7 Å². The molecule has 1 aromatic rings. The van der Waals surface area contributed by atoms with Gasteiger partial charge in [-0.1, -0.05) is 35.0 Å². The first-order chi connectivity index (χ1) is 9.28. The second kappa shape index (κ2) is 8.03. The van der Waals surface area contributed by atoms with Crippen LogP contribution in [0.1, 0.15) is 31.7 Å². The van der Waals surface area contributed by atoms with Gasteiger partial charge in [0.05, 0.1) is 6.10 Å². The molecule has 1 aromatic carbocycles. The van der Waals surface area contributed by atoms with E-state index in [1.54, 1.807) is 0 Å². The van der Waals surface area contributed by atoms with Gasteiger partial charge in [-0.05, 0) is 62.4 Å². The highest BCUT2D eigenvalue weighted by Crippen LogP contribution is 2.23. The maximum atomic E-state index is 5.78. The predicted molar refractivity (Wildman–Crippen MR) is 83.5 cm³/mol. The summed E-state index contributed by atoms with van der Waals surface area (Å²) in [5.74, 6) is 0.671. The molecule has 106 valence electrons. The summed E-state index contributed by atoms with van der Waals surface area (Å²) < 4.78 is 6.94. The molecule has 0 radical (unpaired) electrons. The summed E-state index contributed by atoms with van der Waals surface area (Å²) in [7, 11) is 0. The Hall–Kier alpha value is -0.380. The van der Waals surface area contributed by atoms with Crippen LogP contribution in [-0.4, -0.2) is 25.8 Å². The second-order valence-corrected chi connectivity index (χ2v) is 6.29. The minimum Gasteiger partial charge on any atom is -0.378 e. The SMILES string of the molecule is CCNCC(Cc1ccc(Br)cc1)CC1CCCO1. The van der Waals surface area contributed by atoms with Crippen molar-refractivity contribution in [1.82, 2.24) is 5.32 Å². The number of nitrogens with one attached hydrogen (secondary N) is 1. The standard InChI is InChI=1S/C16H24BrNO/c1-2-18-12-14(11-16-4-3-9-19-16)10-13-5-7-15(17)8-6-13/h5-8,14,16,18H,2-4,9-12H2,1H3. The normalized spacial score (nSPS) is 20.6. The molecule has 1 N–H and O–H groups in total. The molecular weight excluding hydrogens is 302 g/mol. The number of ether oxygens (including phenoxy) is 1. The van der Waals surface area contributed by atoms with Gasteiger partial charge >= 0.3 is 0 Å². The molecule has 2 rings (SSSR count). The molecule has 1 fully saturated rings. The van der Waals surface area contributed by atoms with E-state index in [2.05, 4.69) is 52.4 Å². The van der Waals surface area contributed by atoms with Crippen LogP contribution in [0.25, 0.3) is 0 Å². The van der Waals surface area contributed by atoms with Crippen molar-refractivity contribution in [2.24, 2.45) is 5.92 Å². The maximum absolute atomic E-state index is 5.78. The molecule has 0 aromatic heterocycles. The molecule has 2 nitrogen and oxygen atoms in total. The smallest absolute Gasteiger partial charge is 0.0579 e. The molecule has 0 saturated carbocycles. The molecule has 0 spiro atoms. The predicted octanol–water partition coefficient (Wildman–Crippen LogP) is 3.79. The highest BCUT2D eigenvalue weighted by Gasteiger charge is 2.20. The average Bonchev–Trinajstić information content (AvgIpc) is 2.91. The molecule has 0 aliphatic carbocycles. The Balaban J connectivity index is 1.89. The Bertz CT molecular complexity index is 360. The van der Waals surface area contributed by atoms with Gasteiger partial charge in [-0.15, -0.1) is 0 Å². The summed E-state index contributed by atoms with van der Waals surface area (Å²) in [5.41, 5.74) is 1.42. The number of benzene rings is 1. The first kappa shape index (κ1) is 15.0. The molecule has 3 heteroatoms. The lowest BCUT2D eigenvalue weighted by Crippen LogP contribution is -2.27. The van der Waals surface area contributed by atoms with E-state index in [9.17, 15) is 0 Å². The van der Waals surface area contributed by atoms with Gasteiger partial charge in [0.1, 0.15) is 0 Å². The maximum Gasteiger partial charge on any atom is 0.0579 e. The lowest BCUT2D eigenvalue weighted by molar-refractivity contribution is 0.0893. The van der Waals surface area contributed by atoms with E-state index >= 15 is 0 Å². The van der Waals surface area contributed by atoms with Crippen LogP contribution >= 0.6 is 15.9 Å². The van der Waals surface area contributed by atoms with Crippen molar-refractivity contribution < 1.29 is 4.74 Å². The molecular formula is C16H24BrNO. The Morgan fingerprint density at radius 3 is 2.79 bits per heavy atom. The first-order valence-electron chi connectivity index (χ1n) is 7.34. The molecule has 1 aliphatic rings. The fraction of sp³-hybridized carbons (Fsp3) is 0.625. The highest BCUT2D eigenvalue weighted by atomic mass is 79.9. The Morgan fingerprint density at radius 2 is 2.16 bits per heavy atom. The zero-order valence-corrected chi connectivity index (χ0v) is 13.3. The van der Waals surface area contributed by atoms with Crippen molar-refractivity contribution in [1.29, 1.82) is 0 Å². The molecule has 1 heterocycles. The summed E-state index contributed by atoms with van der Waals surface area (Å²) in [6.45, 7) is 5.26. The fourth-order valence-corrected chi connectivity index (χ4v) is 3.01. The third-order valence-electron chi connectivity index (χ3n) is 3.74. The van der Waals surface area contributed by atoms with E-state index in [4.69, 9.17) is 4.74 Å². The van der Waals surface area contributed by atoms with Crippen LogP contribution in [-0.2, 0) is 11.2 Å². The average molecular weight is 326 g/mol. The van der Waals surface area contributed by atoms with Gasteiger partial charge < -0.3 is 10.1 Å². The Morgan fingerprint density at radius 1 is 1.37 bits per heavy atom. The van der Waals surface area contributed by atoms with Crippen LogP contribution in [0.15, 0.2) is 28.7 Å². The van der Waals surface area contributed by atoms with Crippen molar-refractivity contribution >= 4 is 15.9 Å². The minimum atomic E-state index is 0.485. The summed E-state index contributed by atoms with van der Waals surface area (Å²) in [4.78, 5) is 0. The van der Waals surface area contributed by atoms with Gasteiger partial charge in [0, 0.05) is 11.1 Å². The van der Waals surface area contributed by atoms with Crippen molar-refractivity contribution in [3.05, 3.63) is 34.3 Å². The van der Waals surface area contributed by atoms with Crippen molar-refractivity contribution in [3.63, 3.8) is 0 Å². The molecule has 0 amide bonds. The van der Waals surface area contributed by atoms with Crippen LogP contribution in [0.3, 0.4) is 0 Å². The van der Waals surface area contributed by atoms with Gasteiger partial charge in [-0.2, -0.15) is 0 Å². The summed E-state index contributed by atoms with van der Waals surface area (Å²) >= 11 is 3.49. The lowest BCUT2D eigenvalue weighted by Gasteiger charge is -2.21. The van der Waals surface area contributed by atoms with Crippen LogP contribution < -0.4 is 5.32 Å². The molecule has 1 saturated heterocycles. The summed E-state index contributed by atoms with van der Waals surface area (Å²) in [6, 6.07) is 8.70. The van der Waals surface area contributed by atoms with E-state index in [0.717, 1.165) is 30.6 Å². The van der Waals surface area contributed by atoms with E-state index in [1.807, 2.05) is 0 Å². The Labute approximate surface area is 125 Å². The van der Waals surface area contributed by atoms with Gasteiger partial charge in [0.2, 0.25) is 0 Å². The first-order valence-corrected chi connectivity index (χ1v) is 8.14. The number of rotatable bonds is 7. The molecule has 1 aliphatic heterocycles. The largest absolute Gasteiger partial charge is 0.378 e. The van der Waals surface area contributed by atoms with Gasteiger partial charge in [-0.25, -0.2) is 0 Å². The van der Waals surface area contributed by atoms with Crippen LogP contribution in [0, 0.1) is 5.92 Å². The Kier molecular flexibility index (Phi) is 6.35. The molecule has 19 heavy (non-hydrogen) atoms. The van der Waals surface area contributed by atoms with E-state index < -0.39 is 0 Å². The fourth-order valence-electron chi connectivity index (χ4n) is 2.74. The number of hydrogen-bond donors (Lipinski definition) is 1. The number of halogens is 1. The molecule has 2 atom stereocenters. The third-order valence-corrected chi connectivity index (χ3v) is 4.27. The third kappa shape index (κ3) is 5.25. The van der Waals surface area contributed by atoms with Crippen LogP contribution in [0.4, 0.5) is 0 Å². The topological polar surface area (TPSA) is 21.3 Å². The van der Waals surface area contributed by atoms with Crippen molar-refractivity contribution in [2.45, 2.75) is 38.7 Å². The zero-order valence-electron chi connectivity index (χ0n) is 11.7. The lowest BCUT2D eigenvalue weighted by atomic mass is 9.92. The highest BCUT2D eigenvalue weighted by molar-refractivity contribution is 9.10. The van der Waals surface area contributed by atoms with Crippen LogP contribution in [0.2, 0.25) is 0 Å². The van der Waals surface area contributed by atoms with Gasteiger partial charge in [0.25, 0.3) is 0 Å². The quantitative estimate of drug-likeness (QED) is 0.823. The monoisotopic (exact) mass is 325 g/mol. The minimum absolute atomic E-state index is 0.485. The zero-order chi connectivity index (χ0) is 13.5. The molecule has 0 bridgehead atoms. The molecule has 2 unspecified atom stereocenters. The van der Waals surface area contributed by atoms with Gasteiger partial charge in [0.15, 0.2) is 0 Å². The van der Waals surface area contributed by atoms with Crippen molar-refractivity contribution in [3.8, 4) is 0 Å². The van der Waals surface area contributed by atoms with E-state index in [0.29, 0.717) is 12.0 Å². The van der Waals surface area contributed by atoms with E-state index in [-0.39, 0.29) is 0 Å². The van der Waals surface area contributed by atoms with Gasteiger partial charge in [-0.3, -0.25) is 0 Å². The van der Waals surface area contributed by atoms with E-state index in [1.165, 1.54) is 24.8 Å².